The van der Waals surface area contributed by atoms with Crippen molar-refractivity contribution in [1.82, 2.24) is 25.1 Å². The van der Waals surface area contributed by atoms with E-state index in [2.05, 4.69) is 25.1 Å². The van der Waals surface area contributed by atoms with Crippen LogP contribution in [-0.4, -0.2) is 36.2 Å². The van der Waals surface area contributed by atoms with Gasteiger partial charge in [-0.1, -0.05) is 5.16 Å². The van der Waals surface area contributed by atoms with E-state index in [1.54, 1.807) is 0 Å². The lowest BCUT2D eigenvalue weighted by Crippen LogP contribution is -1.99. The van der Waals surface area contributed by atoms with Gasteiger partial charge < -0.3 is 14.6 Å². The highest BCUT2D eigenvalue weighted by molar-refractivity contribution is 7.09. The van der Waals surface area contributed by atoms with E-state index in [9.17, 15) is 4.79 Å². The van der Waals surface area contributed by atoms with E-state index >= 15 is 0 Å². The van der Waals surface area contributed by atoms with Crippen molar-refractivity contribution in [1.29, 1.82) is 0 Å². The summed E-state index contributed by atoms with van der Waals surface area (Å²) in [5.74, 6) is -0.611. The summed E-state index contributed by atoms with van der Waals surface area (Å²) in [6.45, 7) is 1.91. The van der Waals surface area contributed by atoms with Crippen molar-refractivity contribution in [3.8, 4) is 11.6 Å². The minimum absolute atomic E-state index is 0.100. The van der Waals surface area contributed by atoms with Gasteiger partial charge in [0.15, 0.2) is 11.5 Å². The van der Waals surface area contributed by atoms with Crippen molar-refractivity contribution in [2.45, 2.75) is 13.3 Å². The van der Waals surface area contributed by atoms with Gasteiger partial charge in [0.2, 0.25) is 0 Å². The molecule has 0 aliphatic carbocycles. The Morgan fingerprint density at radius 2 is 2.35 bits per heavy atom. The number of aromatic amines is 1. The maximum absolute atomic E-state index is 11.0. The molecule has 102 valence electrons. The van der Waals surface area contributed by atoms with Crippen LogP contribution < -0.4 is 0 Å². The first-order chi connectivity index (χ1) is 9.63. The topological polar surface area (TPSA) is 118 Å². The number of aryl methyl sites for hydroxylation is 1. The number of rotatable bonds is 4. The maximum atomic E-state index is 11.0. The highest BCUT2D eigenvalue weighted by Gasteiger charge is 2.20. The number of imidazole rings is 1. The van der Waals surface area contributed by atoms with Crippen LogP contribution >= 0.6 is 11.3 Å². The molecule has 3 heterocycles. The number of carboxylic acids is 1. The van der Waals surface area contributed by atoms with Gasteiger partial charge in [-0.25, -0.2) is 14.8 Å². The molecule has 0 bridgehead atoms. The predicted molar refractivity (Wildman–Crippen MR) is 68.5 cm³/mol. The van der Waals surface area contributed by atoms with Crippen LogP contribution in [0.2, 0.25) is 0 Å². The average Bonchev–Trinajstić information content (AvgIpc) is 3.09. The zero-order chi connectivity index (χ0) is 14.1. The average molecular weight is 291 g/mol. The molecule has 0 atom stereocenters. The van der Waals surface area contributed by atoms with Gasteiger partial charge in [-0.15, -0.1) is 11.3 Å². The molecule has 9 heteroatoms. The molecule has 3 rings (SSSR count). The fraction of sp³-hybridized carbons (Fsp3) is 0.182. The van der Waals surface area contributed by atoms with E-state index in [0.717, 1.165) is 10.7 Å². The van der Waals surface area contributed by atoms with Crippen molar-refractivity contribution < 1.29 is 14.4 Å². The number of H-pyrrole nitrogens is 1. The number of nitrogens with one attached hydrogen (secondary N) is 1. The van der Waals surface area contributed by atoms with Crippen molar-refractivity contribution >= 4 is 17.3 Å². The Kier molecular flexibility index (Phi) is 3.03. The van der Waals surface area contributed by atoms with E-state index in [4.69, 9.17) is 9.63 Å². The number of carbonyl (C=O) groups is 1. The summed E-state index contributed by atoms with van der Waals surface area (Å²) >= 11 is 1.51. The summed E-state index contributed by atoms with van der Waals surface area (Å²) in [4.78, 5) is 25.8. The van der Waals surface area contributed by atoms with E-state index in [0.29, 0.717) is 12.2 Å². The largest absolute Gasteiger partial charge is 0.476 e. The minimum Gasteiger partial charge on any atom is -0.476 e. The van der Waals surface area contributed by atoms with Crippen molar-refractivity contribution in [2.24, 2.45) is 0 Å². The Bertz CT molecular complexity index is 760. The van der Waals surface area contributed by atoms with Crippen LogP contribution in [0.5, 0.6) is 0 Å². The third-order valence-electron chi connectivity index (χ3n) is 2.50. The van der Waals surface area contributed by atoms with Gasteiger partial charge in [-0.3, -0.25) is 0 Å². The molecule has 0 aromatic carbocycles. The van der Waals surface area contributed by atoms with Crippen LogP contribution in [0.3, 0.4) is 0 Å². The molecule has 2 N–H and O–H groups in total. The first kappa shape index (κ1) is 12.5. The van der Waals surface area contributed by atoms with Crippen molar-refractivity contribution in [3.63, 3.8) is 0 Å². The molecule has 0 radical (unpaired) electrons. The molecule has 3 aromatic heterocycles. The van der Waals surface area contributed by atoms with E-state index in [1.165, 1.54) is 17.7 Å². The Morgan fingerprint density at radius 3 is 3.05 bits per heavy atom. The second kappa shape index (κ2) is 4.85. The molecule has 0 spiro atoms. The number of carboxylic acid groups (broad SMARTS) is 1. The molecule has 0 fully saturated rings. The summed E-state index contributed by atoms with van der Waals surface area (Å²) in [6, 6.07) is 0. The predicted octanol–water partition coefficient (Wildman–Crippen LogP) is 1.51. The zero-order valence-corrected chi connectivity index (χ0v) is 11.1. The zero-order valence-electron chi connectivity index (χ0n) is 10.3. The molecule has 0 aliphatic heterocycles. The Balaban J connectivity index is 1.86. The van der Waals surface area contributed by atoms with Gasteiger partial charge in [0.05, 0.1) is 12.7 Å². The molecule has 20 heavy (non-hydrogen) atoms. The number of thiazole rings is 1. The third kappa shape index (κ3) is 2.30. The van der Waals surface area contributed by atoms with Gasteiger partial charge in [0.25, 0.3) is 5.89 Å². The van der Waals surface area contributed by atoms with E-state index in [1.807, 2.05) is 12.3 Å². The number of aromatic carboxylic acids is 1. The molecule has 3 aromatic rings. The third-order valence-corrected chi connectivity index (χ3v) is 3.47. The first-order valence-corrected chi connectivity index (χ1v) is 6.52. The second-order valence-corrected chi connectivity index (χ2v) is 4.95. The monoisotopic (exact) mass is 291 g/mol. The smallest absolute Gasteiger partial charge is 0.356 e. The fourth-order valence-electron chi connectivity index (χ4n) is 1.67. The number of hydrogen-bond acceptors (Lipinski definition) is 7. The minimum atomic E-state index is -1.16. The lowest BCUT2D eigenvalue weighted by atomic mass is 10.3. The van der Waals surface area contributed by atoms with Gasteiger partial charge in [0.1, 0.15) is 10.7 Å². The fourth-order valence-corrected chi connectivity index (χ4v) is 2.43. The normalized spacial score (nSPS) is 10.8. The van der Waals surface area contributed by atoms with Crippen molar-refractivity contribution in [3.05, 3.63) is 33.9 Å². The molecular weight excluding hydrogens is 282 g/mol. The highest BCUT2D eigenvalue weighted by atomic mass is 32.1. The molecule has 0 unspecified atom stereocenters. The van der Waals surface area contributed by atoms with Crippen LogP contribution in [0.15, 0.2) is 16.2 Å². The van der Waals surface area contributed by atoms with Crippen LogP contribution in [0, 0.1) is 6.92 Å². The van der Waals surface area contributed by atoms with Gasteiger partial charge >= 0.3 is 5.97 Å². The molecule has 0 saturated heterocycles. The summed E-state index contributed by atoms with van der Waals surface area (Å²) in [7, 11) is 0. The number of nitrogens with zero attached hydrogens (tertiary/aromatic N) is 4. The van der Waals surface area contributed by atoms with Gasteiger partial charge in [0, 0.05) is 11.1 Å². The quantitative estimate of drug-likeness (QED) is 0.748. The summed E-state index contributed by atoms with van der Waals surface area (Å²) < 4.78 is 5.06. The van der Waals surface area contributed by atoms with Gasteiger partial charge in [-0.05, 0) is 6.92 Å². The lowest BCUT2D eigenvalue weighted by Gasteiger charge is -1.90. The molecule has 0 saturated carbocycles. The van der Waals surface area contributed by atoms with Crippen LogP contribution in [0.1, 0.15) is 27.0 Å². The molecular formula is C11H9N5O3S. The Labute approximate surface area is 116 Å². The second-order valence-electron chi connectivity index (χ2n) is 4.01. The van der Waals surface area contributed by atoms with Crippen LogP contribution in [-0.2, 0) is 6.42 Å². The van der Waals surface area contributed by atoms with E-state index in [-0.39, 0.29) is 17.3 Å². The summed E-state index contributed by atoms with van der Waals surface area (Å²) in [5.41, 5.74) is 0.993. The SMILES string of the molecule is Cc1csc(Cc2noc(-c3[nH]cnc3C(=O)O)n2)n1. The highest BCUT2D eigenvalue weighted by Crippen LogP contribution is 2.20. The van der Waals surface area contributed by atoms with Crippen LogP contribution in [0.4, 0.5) is 0 Å². The first-order valence-electron chi connectivity index (χ1n) is 5.64. The Hall–Kier alpha value is -2.55. The summed E-state index contributed by atoms with van der Waals surface area (Å²) in [5, 5.41) is 15.6. The summed E-state index contributed by atoms with van der Waals surface area (Å²) in [6.07, 6.45) is 1.71. The van der Waals surface area contributed by atoms with Crippen molar-refractivity contribution in [2.75, 3.05) is 0 Å². The molecule has 0 aliphatic rings. The molecule has 8 nitrogen and oxygen atoms in total. The molecule has 0 amide bonds. The number of hydrogen-bond donors (Lipinski definition) is 2. The standard InChI is InChI=1S/C11H9N5O3S/c1-5-3-20-7(14-5)2-6-15-10(19-16-6)8-9(11(17)18)13-4-12-8/h3-4H,2H2,1H3,(H,12,13)(H,17,18). The van der Waals surface area contributed by atoms with E-state index < -0.39 is 5.97 Å². The number of aromatic nitrogens is 5. The van der Waals surface area contributed by atoms with Gasteiger partial charge in [-0.2, -0.15) is 4.98 Å². The maximum Gasteiger partial charge on any atom is 0.356 e. The van der Waals surface area contributed by atoms with Crippen LogP contribution in [0.25, 0.3) is 11.6 Å². The Morgan fingerprint density at radius 1 is 1.50 bits per heavy atom. The lowest BCUT2D eigenvalue weighted by molar-refractivity contribution is 0.0691.